The number of esters is 1. The number of benzene rings is 2. The maximum Gasteiger partial charge on any atom is 0.354 e. The molecule has 0 saturated heterocycles. The second kappa shape index (κ2) is 6.53. The number of fused-ring (bicyclic) bond motifs is 1. The molecule has 4 nitrogen and oxygen atoms in total. The number of nitrogens with two attached hydrogens (primary N) is 1. The molecule has 0 fully saturated rings. The molecule has 0 atom stereocenters. The molecule has 0 aliphatic rings. The van der Waals surface area contributed by atoms with Crippen molar-refractivity contribution in [1.29, 1.82) is 0 Å². The number of hydrogen-bond acceptors (Lipinski definition) is 3. The topological polar surface area (TPSA) is 57.2 Å². The first kappa shape index (κ1) is 16.3. The molecule has 2 N–H and O–H groups in total. The highest BCUT2D eigenvalue weighted by atomic mass is 35.5. The minimum atomic E-state index is -0.519. The van der Waals surface area contributed by atoms with E-state index in [9.17, 15) is 9.18 Å². The van der Waals surface area contributed by atoms with E-state index >= 15 is 0 Å². The predicted octanol–water partition coefficient (Wildman–Crippen LogP) is 4.24. The van der Waals surface area contributed by atoms with Crippen molar-refractivity contribution in [3.05, 3.63) is 64.6 Å². The summed E-state index contributed by atoms with van der Waals surface area (Å²) in [6.45, 7) is 2.23. The molecule has 0 amide bonds. The summed E-state index contributed by atoms with van der Waals surface area (Å²) in [5.74, 6) is -0.966. The summed E-state index contributed by atoms with van der Waals surface area (Å²) in [6, 6.07) is 11.5. The van der Waals surface area contributed by atoms with Crippen molar-refractivity contribution in [2.45, 2.75) is 13.5 Å². The van der Waals surface area contributed by atoms with Crippen LogP contribution in [0.2, 0.25) is 5.02 Å². The Morgan fingerprint density at radius 2 is 2.08 bits per heavy atom. The Hall–Kier alpha value is -2.53. The monoisotopic (exact) mass is 346 g/mol. The molecule has 0 saturated carbocycles. The summed E-state index contributed by atoms with van der Waals surface area (Å²) in [6.07, 6.45) is 0. The minimum Gasteiger partial charge on any atom is -0.461 e. The molecule has 3 aromatic rings. The van der Waals surface area contributed by atoms with Crippen LogP contribution >= 0.6 is 11.6 Å². The van der Waals surface area contributed by atoms with Gasteiger partial charge in [-0.3, -0.25) is 0 Å². The Bertz CT molecular complexity index is 921. The van der Waals surface area contributed by atoms with Crippen LogP contribution in [0, 0.1) is 5.82 Å². The van der Waals surface area contributed by atoms with Gasteiger partial charge in [0.2, 0.25) is 0 Å². The van der Waals surface area contributed by atoms with Crippen LogP contribution in [-0.4, -0.2) is 17.1 Å². The van der Waals surface area contributed by atoms with Crippen molar-refractivity contribution in [2.24, 2.45) is 0 Å². The normalized spacial score (nSPS) is 11.0. The zero-order valence-electron chi connectivity index (χ0n) is 13.1. The highest BCUT2D eigenvalue weighted by Gasteiger charge is 2.20. The van der Waals surface area contributed by atoms with Crippen molar-refractivity contribution in [3.63, 3.8) is 0 Å². The number of hydrogen-bond donors (Lipinski definition) is 1. The number of nitrogens with zero attached hydrogens (tertiary/aromatic N) is 1. The second-order valence-electron chi connectivity index (χ2n) is 5.37. The minimum absolute atomic E-state index is 0.232. The van der Waals surface area contributed by atoms with Crippen molar-refractivity contribution < 1.29 is 13.9 Å². The van der Waals surface area contributed by atoms with Crippen molar-refractivity contribution in [1.82, 2.24) is 4.57 Å². The van der Waals surface area contributed by atoms with Gasteiger partial charge in [0.05, 0.1) is 12.1 Å². The molecule has 24 heavy (non-hydrogen) atoms. The molecule has 0 aliphatic heterocycles. The van der Waals surface area contributed by atoms with Gasteiger partial charge >= 0.3 is 5.97 Å². The van der Waals surface area contributed by atoms with Crippen molar-refractivity contribution in [3.8, 4) is 0 Å². The number of anilines is 1. The van der Waals surface area contributed by atoms with Crippen molar-refractivity contribution in [2.75, 3.05) is 12.3 Å². The predicted molar refractivity (Wildman–Crippen MR) is 92.8 cm³/mol. The molecular weight excluding hydrogens is 331 g/mol. The van der Waals surface area contributed by atoms with E-state index in [2.05, 4.69) is 0 Å². The van der Waals surface area contributed by atoms with Gasteiger partial charge in [0, 0.05) is 22.6 Å². The molecule has 0 spiro atoms. The molecule has 124 valence electrons. The lowest BCUT2D eigenvalue weighted by Gasteiger charge is -2.11. The molecule has 0 bridgehead atoms. The van der Waals surface area contributed by atoms with E-state index in [-0.39, 0.29) is 24.4 Å². The third-order valence-electron chi connectivity index (χ3n) is 3.76. The number of aromatic nitrogens is 1. The molecule has 2 aromatic carbocycles. The molecule has 1 heterocycles. The number of nitrogen functional groups attached to an aromatic ring is 1. The first-order valence-electron chi connectivity index (χ1n) is 7.50. The van der Waals surface area contributed by atoms with E-state index in [1.54, 1.807) is 35.8 Å². The fraction of sp³-hybridized carbons (Fsp3) is 0.167. The average Bonchev–Trinajstić information content (AvgIpc) is 2.92. The lowest BCUT2D eigenvalue weighted by molar-refractivity contribution is 0.0515. The lowest BCUT2D eigenvalue weighted by Crippen LogP contribution is -2.13. The zero-order valence-corrected chi connectivity index (χ0v) is 13.8. The zero-order chi connectivity index (χ0) is 17.3. The summed E-state index contributed by atoms with van der Waals surface area (Å²) in [5.41, 5.74) is 7.72. The Morgan fingerprint density at radius 3 is 2.79 bits per heavy atom. The lowest BCUT2D eigenvalue weighted by atomic mass is 10.2. The van der Waals surface area contributed by atoms with E-state index in [1.165, 1.54) is 12.1 Å². The van der Waals surface area contributed by atoms with Gasteiger partial charge in [0.25, 0.3) is 0 Å². The Labute approximate surface area is 143 Å². The van der Waals surface area contributed by atoms with Crippen LogP contribution in [0.25, 0.3) is 10.9 Å². The Kier molecular flexibility index (Phi) is 4.44. The number of carbonyl (C=O) groups is 1. The Morgan fingerprint density at radius 1 is 1.29 bits per heavy atom. The number of ether oxygens (including phenoxy) is 1. The van der Waals surface area contributed by atoms with Gasteiger partial charge in [-0.05, 0) is 42.8 Å². The van der Waals surface area contributed by atoms with E-state index in [1.807, 2.05) is 6.07 Å². The molecule has 1 aromatic heterocycles. The quantitative estimate of drug-likeness (QED) is 0.567. The average molecular weight is 347 g/mol. The molecular formula is C18H16ClFN2O2. The number of carbonyl (C=O) groups excluding carboxylic acids is 1. The van der Waals surface area contributed by atoms with E-state index < -0.39 is 11.8 Å². The van der Waals surface area contributed by atoms with Gasteiger partial charge in [-0.25, -0.2) is 9.18 Å². The van der Waals surface area contributed by atoms with Crippen LogP contribution in [0.4, 0.5) is 10.1 Å². The van der Waals surface area contributed by atoms with Gasteiger partial charge in [0.15, 0.2) is 0 Å². The summed E-state index contributed by atoms with van der Waals surface area (Å²) < 4.78 is 21.1. The van der Waals surface area contributed by atoms with Crippen molar-refractivity contribution >= 4 is 34.2 Å². The fourth-order valence-electron chi connectivity index (χ4n) is 2.71. The van der Waals surface area contributed by atoms with Crippen LogP contribution < -0.4 is 5.73 Å². The summed E-state index contributed by atoms with van der Waals surface area (Å²) in [5, 5.41) is 1.06. The third kappa shape index (κ3) is 2.95. The smallest absolute Gasteiger partial charge is 0.354 e. The third-order valence-corrected chi connectivity index (χ3v) is 3.99. The van der Waals surface area contributed by atoms with Gasteiger partial charge in [-0.2, -0.15) is 0 Å². The number of halogens is 2. The highest BCUT2D eigenvalue weighted by Crippen LogP contribution is 2.29. The maximum atomic E-state index is 14.4. The van der Waals surface area contributed by atoms with Gasteiger partial charge in [-0.15, -0.1) is 0 Å². The first-order valence-corrected chi connectivity index (χ1v) is 7.88. The van der Waals surface area contributed by atoms with E-state index in [0.717, 1.165) is 5.56 Å². The van der Waals surface area contributed by atoms with Crippen LogP contribution in [-0.2, 0) is 11.3 Å². The van der Waals surface area contributed by atoms with Crippen LogP contribution in [0.5, 0.6) is 0 Å². The standard InChI is InChI=1S/C18H16ClFN2O2/c1-2-24-18(23)16-9-13-15(21)7-6-14(20)17(13)22(16)10-11-4-3-5-12(19)8-11/h3-9H,2,10,21H2,1H3. The summed E-state index contributed by atoms with van der Waals surface area (Å²) in [4.78, 5) is 12.3. The fourth-order valence-corrected chi connectivity index (χ4v) is 2.93. The highest BCUT2D eigenvalue weighted by molar-refractivity contribution is 6.30. The van der Waals surface area contributed by atoms with Gasteiger partial charge in [-0.1, -0.05) is 23.7 Å². The van der Waals surface area contributed by atoms with Gasteiger partial charge < -0.3 is 15.0 Å². The SMILES string of the molecule is CCOC(=O)c1cc2c(N)ccc(F)c2n1Cc1cccc(Cl)c1. The number of rotatable bonds is 4. The van der Waals surface area contributed by atoms with Crippen LogP contribution in [0.15, 0.2) is 42.5 Å². The molecule has 0 radical (unpaired) electrons. The van der Waals surface area contributed by atoms with Gasteiger partial charge in [0.1, 0.15) is 11.5 Å². The summed E-state index contributed by atoms with van der Waals surface area (Å²) in [7, 11) is 0. The van der Waals surface area contributed by atoms with Crippen LogP contribution in [0.3, 0.4) is 0 Å². The van der Waals surface area contributed by atoms with E-state index in [4.69, 9.17) is 22.1 Å². The summed E-state index contributed by atoms with van der Waals surface area (Å²) >= 11 is 6.02. The molecule has 3 rings (SSSR count). The Balaban J connectivity index is 2.20. The van der Waals surface area contributed by atoms with Crippen LogP contribution in [0.1, 0.15) is 23.0 Å². The molecule has 0 unspecified atom stereocenters. The second-order valence-corrected chi connectivity index (χ2v) is 5.80. The largest absolute Gasteiger partial charge is 0.461 e. The first-order chi connectivity index (χ1) is 11.5. The maximum absolute atomic E-state index is 14.4. The van der Waals surface area contributed by atoms with E-state index in [0.29, 0.717) is 16.1 Å². The molecule has 0 aliphatic carbocycles. The molecule has 6 heteroatoms.